The molecule has 2 unspecified atom stereocenters. The van der Waals surface area contributed by atoms with E-state index in [1.54, 1.807) is 25.4 Å². The van der Waals surface area contributed by atoms with Crippen molar-refractivity contribution in [2.45, 2.75) is 18.5 Å². The molecule has 3 aromatic rings. The molecule has 0 spiro atoms. The summed E-state index contributed by atoms with van der Waals surface area (Å²) >= 11 is 5.66. The minimum atomic E-state index is -0.368. The van der Waals surface area contributed by atoms with Crippen molar-refractivity contribution >= 4 is 23.3 Å². The number of pyridine rings is 1. The van der Waals surface area contributed by atoms with Gasteiger partial charge >= 0.3 is 5.97 Å². The van der Waals surface area contributed by atoms with Crippen molar-refractivity contribution in [1.29, 1.82) is 0 Å². The van der Waals surface area contributed by atoms with Crippen molar-refractivity contribution < 1.29 is 18.7 Å². The van der Waals surface area contributed by atoms with Crippen LogP contribution in [0, 0.1) is 0 Å². The molecule has 2 atom stereocenters. The van der Waals surface area contributed by atoms with Gasteiger partial charge in [0.1, 0.15) is 17.6 Å². The Morgan fingerprint density at radius 3 is 2.66 bits per heavy atom. The predicted octanol–water partition coefficient (Wildman–Crippen LogP) is 4.14. The van der Waals surface area contributed by atoms with Gasteiger partial charge in [-0.1, -0.05) is 18.2 Å². The van der Waals surface area contributed by atoms with Gasteiger partial charge in [0, 0.05) is 32.0 Å². The molecular weight excluding hydrogens is 426 g/mol. The van der Waals surface area contributed by atoms with Crippen LogP contribution in [0.1, 0.15) is 40.3 Å². The van der Waals surface area contributed by atoms with Crippen LogP contribution >= 0.6 is 12.2 Å². The zero-order valence-corrected chi connectivity index (χ0v) is 18.8. The Labute approximate surface area is 192 Å². The molecule has 0 amide bonds. The summed E-state index contributed by atoms with van der Waals surface area (Å²) in [6.45, 7) is 1.38. The number of esters is 1. The highest BCUT2D eigenvalue weighted by Crippen LogP contribution is 2.40. The molecular formula is C24H25N3O4S. The SMILES string of the molecule is COCCCN1C(=S)NC(c2ccccn2)C1c1ccc(-c2ccc(C(=O)OC)cc2)o1. The van der Waals surface area contributed by atoms with Crippen LogP contribution in [0.4, 0.5) is 0 Å². The number of methoxy groups -OCH3 is 2. The lowest BCUT2D eigenvalue weighted by Crippen LogP contribution is -2.31. The summed E-state index contributed by atoms with van der Waals surface area (Å²) in [7, 11) is 3.06. The van der Waals surface area contributed by atoms with E-state index >= 15 is 0 Å². The number of carbonyl (C=O) groups excluding carboxylic acids is 1. The summed E-state index contributed by atoms with van der Waals surface area (Å²) in [5.74, 6) is 1.13. The molecule has 0 radical (unpaired) electrons. The smallest absolute Gasteiger partial charge is 0.337 e. The molecule has 1 N–H and O–H groups in total. The molecule has 0 saturated carbocycles. The van der Waals surface area contributed by atoms with Crippen molar-refractivity contribution in [2.24, 2.45) is 0 Å². The first kappa shape index (κ1) is 22.0. The fourth-order valence-electron chi connectivity index (χ4n) is 3.89. The van der Waals surface area contributed by atoms with Gasteiger partial charge in [-0.2, -0.15) is 0 Å². The van der Waals surface area contributed by atoms with Gasteiger partial charge in [0.2, 0.25) is 0 Å². The highest BCUT2D eigenvalue weighted by molar-refractivity contribution is 7.80. The third-order valence-corrected chi connectivity index (χ3v) is 5.81. The summed E-state index contributed by atoms with van der Waals surface area (Å²) in [4.78, 5) is 18.4. The third-order valence-electron chi connectivity index (χ3n) is 5.45. The van der Waals surface area contributed by atoms with Crippen LogP contribution in [-0.4, -0.2) is 48.3 Å². The summed E-state index contributed by atoms with van der Waals surface area (Å²) < 4.78 is 16.3. The standard InChI is InChI=1S/C24H25N3O4S/c1-29-15-5-14-27-22(21(26-24(27)32)18-6-3-4-13-25-18)20-12-11-19(31-20)16-7-9-17(10-8-16)23(28)30-2/h3-4,6-13,21-22H,5,14-15H2,1-2H3,(H,26,32). The van der Waals surface area contributed by atoms with Crippen molar-refractivity contribution in [3.63, 3.8) is 0 Å². The second kappa shape index (κ2) is 9.93. The van der Waals surface area contributed by atoms with Gasteiger partial charge in [-0.25, -0.2) is 4.79 Å². The second-order valence-corrected chi connectivity index (χ2v) is 7.82. The number of nitrogens with zero attached hydrogens (tertiary/aromatic N) is 2. The van der Waals surface area contributed by atoms with E-state index in [0.717, 1.165) is 30.0 Å². The number of nitrogens with one attached hydrogen (secondary N) is 1. The number of thiocarbonyl (C=S) groups is 1. The average Bonchev–Trinajstić information content (AvgIpc) is 3.44. The normalized spacial score (nSPS) is 17.9. The molecule has 166 valence electrons. The first-order valence-corrected chi connectivity index (χ1v) is 10.8. The van der Waals surface area contributed by atoms with Gasteiger partial charge in [0.15, 0.2) is 5.11 Å². The molecule has 7 nitrogen and oxygen atoms in total. The average molecular weight is 452 g/mol. The number of ether oxygens (including phenoxy) is 2. The van der Waals surface area contributed by atoms with Crippen molar-refractivity contribution in [3.8, 4) is 11.3 Å². The molecule has 1 aromatic carbocycles. The maximum Gasteiger partial charge on any atom is 0.337 e. The number of furan rings is 1. The van der Waals surface area contributed by atoms with E-state index in [9.17, 15) is 4.79 Å². The van der Waals surface area contributed by atoms with E-state index in [-0.39, 0.29) is 18.1 Å². The van der Waals surface area contributed by atoms with Gasteiger partial charge in [0.05, 0.1) is 24.4 Å². The zero-order valence-electron chi connectivity index (χ0n) is 18.0. The van der Waals surface area contributed by atoms with E-state index in [1.165, 1.54) is 7.11 Å². The van der Waals surface area contributed by atoms with E-state index in [1.807, 2.05) is 42.5 Å². The Bertz CT molecular complexity index is 1070. The number of hydrogen-bond donors (Lipinski definition) is 1. The van der Waals surface area contributed by atoms with Crippen LogP contribution in [0.5, 0.6) is 0 Å². The lowest BCUT2D eigenvalue weighted by Gasteiger charge is -2.25. The first-order chi connectivity index (χ1) is 15.6. The van der Waals surface area contributed by atoms with Crippen LogP contribution in [0.2, 0.25) is 0 Å². The van der Waals surface area contributed by atoms with E-state index < -0.39 is 0 Å². The fraction of sp³-hybridized carbons (Fsp3) is 0.292. The molecule has 8 heteroatoms. The van der Waals surface area contributed by atoms with Gasteiger partial charge in [-0.05, 0) is 55.0 Å². The monoisotopic (exact) mass is 451 g/mol. The summed E-state index contributed by atoms with van der Waals surface area (Å²) in [5, 5.41) is 4.08. The van der Waals surface area contributed by atoms with Crippen LogP contribution < -0.4 is 5.32 Å². The number of hydrogen-bond acceptors (Lipinski definition) is 6. The van der Waals surface area contributed by atoms with Gasteiger partial charge < -0.3 is 24.1 Å². The number of aromatic nitrogens is 1. The van der Waals surface area contributed by atoms with Crippen molar-refractivity contribution in [3.05, 3.63) is 77.8 Å². The summed E-state index contributed by atoms with van der Waals surface area (Å²) in [6.07, 6.45) is 2.62. The minimum Gasteiger partial charge on any atom is -0.465 e. The maximum atomic E-state index is 11.7. The Balaban J connectivity index is 1.64. The Morgan fingerprint density at radius 1 is 1.16 bits per heavy atom. The zero-order chi connectivity index (χ0) is 22.5. The highest BCUT2D eigenvalue weighted by atomic mass is 32.1. The lowest BCUT2D eigenvalue weighted by atomic mass is 10.0. The lowest BCUT2D eigenvalue weighted by molar-refractivity contribution is 0.0600. The highest BCUT2D eigenvalue weighted by Gasteiger charge is 2.41. The second-order valence-electron chi connectivity index (χ2n) is 7.44. The van der Waals surface area contributed by atoms with E-state index in [4.69, 9.17) is 26.1 Å². The molecule has 1 fully saturated rings. The molecule has 2 aromatic heterocycles. The van der Waals surface area contributed by atoms with Crippen LogP contribution in [0.25, 0.3) is 11.3 Å². The Morgan fingerprint density at radius 2 is 1.97 bits per heavy atom. The number of rotatable bonds is 8. The van der Waals surface area contributed by atoms with Gasteiger partial charge in [-0.15, -0.1) is 0 Å². The number of carbonyl (C=O) groups is 1. The van der Waals surface area contributed by atoms with Crippen LogP contribution in [-0.2, 0) is 9.47 Å². The van der Waals surface area contributed by atoms with Crippen LogP contribution in [0.3, 0.4) is 0 Å². The molecule has 0 aliphatic carbocycles. The molecule has 1 aliphatic heterocycles. The molecule has 3 heterocycles. The molecule has 4 rings (SSSR count). The molecule has 1 aliphatic rings. The predicted molar refractivity (Wildman–Crippen MR) is 124 cm³/mol. The first-order valence-electron chi connectivity index (χ1n) is 10.4. The Hall–Kier alpha value is -3.23. The molecule has 32 heavy (non-hydrogen) atoms. The molecule has 0 bridgehead atoms. The van der Waals surface area contributed by atoms with E-state index in [0.29, 0.717) is 23.0 Å². The summed E-state index contributed by atoms with van der Waals surface area (Å²) in [6, 6.07) is 16.6. The fourth-order valence-corrected chi connectivity index (χ4v) is 4.22. The van der Waals surface area contributed by atoms with Crippen molar-refractivity contribution in [1.82, 2.24) is 15.2 Å². The Kier molecular flexibility index (Phi) is 6.82. The summed E-state index contributed by atoms with van der Waals surface area (Å²) in [5.41, 5.74) is 2.26. The topological polar surface area (TPSA) is 76.8 Å². The van der Waals surface area contributed by atoms with Gasteiger partial charge in [-0.3, -0.25) is 4.98 Å². The quantitative estimate of drug-likeness (QED) is 0.311. The van der Waals surface area contributed by atoms with E-state index in [2.05, 4.69) is 15.2 Å². The van der Waals surface area contributed by atoms with Crippen molar-refractivity contribution in [2.75, 3.05) is 27.4 Å². The van der Waals surface area contributed by atoms with Gasteiger partial charge in [0.25, 0.3) is 0 Å². The van der Waals surface area contributed by atoms with Crippen LogP contribution in [0.15, 0.2) is 65.2 Å². The third kappa shape index (κ3) is 4.51. The number of benzene rings is 1. The maximum absolute atomic E-state index is 11.7. The molecule has 1 saturated heterocycles. The minimum absolute atomic E-state index is 0.132. The largest absolute Gasteiger partial charge is 0.465 e.